The molecule has 1 aromatic carbocycles. The summed E-state index contributed by atoms with van der Waals surface area (Å²) in [5, 5.41) is 14.4. The van der Waals surface area contributed by atoms with Crippen LogP contribution in [-0.4, -0.2) is 30.7 Å². The zero-order chi connectivity index (χ0) is 14.1. The molecule has 0 saturated carbocycles. The summed E-state index contributed by atoms with van der Waals surface area (Å²) in [6.07, 6.45) is 1.65. The summed E-state index contributed by atoms with van der Waals surface area (Å²) in [5.74, 6) is 0. The molecule has 102 valence electrons. The normalized spacial score (nSPS) is 19.1. The molecule has 1 saturated heterocycles. The third-order valence-electron chi connectivity index (χ3n) is 3.61. The maximum Gasteiger partial charge on any atom is 0.103 e. The fourth-order valence-electron chi connectivity index (χ4n) is 2.71. The Labute approximate surface area is 123 Å². The monoisotopic (exact) mass is 286 g/mol. The smallest absolute Gasteiger partial charge is 0.103 e. The number of hydrogen-bond acceptors (Lipinski definition) is 4. The van der Waals surface area contributed by atoms with Gasteiger partial charge in [-0.1, -0.05) is 11.6 Å². The zero-order valence-electron chi connectivity index (χ0n) is 11.2. The number of rotatable bonds is 1. The number of benzene rings is 1. The highest BCUT2D eigenvalue weighted by atomic mass is 35.5. The second kappa shape index (κ2) is 5.28. The lowest BCUT2D eigenvalue weighted by Gasteiger charge is -2.34. The van der Waals surface area contributed by atoms with Crippen LogP contribution < -0.4 is 10.2 Å². The Morgan fingerprint density at radius 1 is 1.50 bits per heavy atom. The molecule has 1 aliphatic heterocycles. The van der Waals surface area contributed by atoms with Crippen molar-refractivity contribution in [3.05, 3.63) is 35.0 Å². The molecule has 0 bridgehead atoms. The van der Waals surface area contributed by atoms with E-state index < -0.39 is 0 Å². The van der Waals surface area contributed by atoms with Crippen molar-refractivity contribution in [1.82, 2.24) is 10.3 Å². The summed E-state index contributed by atoms with van der Waals surface area (Å²) in [6.45, 7) is 4.82. The minimum absolute atomic E-state index is 0.401. The zero-order valence-corrected chi connectivity index (χ0v) is 12.0. The Balaban J connectivity index is 2.20. The van der Waals surface area contributed by atoms with Crippen LogP contribution >= 0.6 is 11.6 Å². The van der Waals surface area contributed by atoms with E-state index in [-0.39, 0.29) is 0 Å². The molecule has 3 rings (SSSR count). The van der Waals surface area contributed by atoms with Crippen molar-refractivity contribution in [1.29, 1.82) is 5.26 Å². The molecule has 0 unspecified atom stereocenters. The Kier molecular flexibility index (Phi) is 3.47. The van der Waals surface area contributed by atoms with Crippen molar-refractivity contribution < 1.29 is 0 Å². The van der Waals surface area contributed by atoms with Crippen LogP contribution in [0.5, 0.6) is 0 Å². The van der Waals surface area contributed by atoms with E-state index in [9.17, 15) is 5.26 Å². The predicted molar refractivity (Wildman–Crippen MR) is 81.1 cm³/mol. The van der Waals surface area contributed by atoms with Gasteiger partial charge in [-0.15, -0.1) is 0 Å². The maximum absolute atomic E-state index is 9.38. The van der Waals surface area contributed by atoms with E-state index >= 15 is 0 Å². The number of halogens is 1. The number of nitrogens with zero attached hydrogens (tertiary/aromatic N) is 3. The number of pyridine rings is 1. The van der Waals surface area contributed by atoms with Gasteiger partial charge in [-0.2, -0.15) is 5.26 Å². The van der Waals surface area contributed by atoms with Crippen LogP contribution in [0.2, 0.25) is 5.02 Å². The number of hydrogen-bond donors (Lipinski definition) is 1. The lowest BCUT2D eigenvalue weighted by Crippen LogP contribution is -2.49. The first-order chi connectivity index (χ1) is 9.69. The minimum atomic E-state index is 0.401. The first kappa shape index (κ1) is 13.2. The third kappa shape index (κ3) is 2.31. The van der Waals surface area contributed by atoms with Crippen molar-refractivity contribution in [2.24, 2.45) is 0 Å². The molecule has 1 N–H and O–H groups in total. The average Bonchev–Trinajstić information content (AvgIpc) is 2.45. The van der Waals surface area contributed by atoms with Crippen molar-refractivity contribution >= 4 is 28.2 Å². The molecule has 1 atom stereocenters. The van der Waals surface area contributed by atoms with Gasteiger partial charge in [0, 0.05) is 42.3 Å². The summed E-state index contributed by atoms with van der Waals surface area (Å²) >= 11 is 6.11. The van der Waals surface area contributed by atoms with Crippen LogP contribution in [0.15, 0.2) is 24.4 Å². The summed E-state index contributed by atoms with van der Waals surface area (Å²) < 4.78 is 0. The van der Waals surface area contributed by atoms with Gasteiger partial charge in [-0.25, -0.2) is 0 Å². The number of piperazine rings is 1. The van der Waals surface area contributed by atoms with Crippen molar-refractivity contribution in [2.45, 2.75) is 13.0 Å². The molecule has 0 amide bonds. The van der Waals surface area contributed by atoms with Gasteiger partial charge < -0.3 is 10.2 Å². The molecule has 1 aromatic heterocycles. The van der Waals surface area contributed by atoms with Crippen LogP contribution in [-0.2, 0) is 0 Å². The number of nitrogens with one attached hydrogen (secondary N) is 1. The molecular formula is C15H15ClN4. The van der Waals surface area contributed by atoms with E-state index in [0.29, 0.717) is 16.6 Å². The number of aromatic nitrogens is 1. The molecule has 2 heterocycles. The van der Waals surface area contributed by atoms with Crippen molar-refractivity contribution in [2.75, 3.05) is 24.5 Å². The fraction of sp³-hybridized carbons (Fsp3) is 0.333. The van der Waals surface area contributed by atoms with Gasteiger partial charge in [-0.05, 0) is 25.1 Å². The molecule has 0 radical (unpaired) electrons. The highest BCUT2D eigenvalue weighted by Crippen LogP contribution is 2.31. The van der Waals surface area contributed by atoms with Gasteiger partial charge in [0.05, 0.1) is 16.8 Å². The summed E-state index contributed by atoms with van der Waals surface area (Å²) in [5.41, 5.74) is 2.43. The molecule has 20 heavy (non-hydrogen) atoms. The average molecular weight is 287 g/mol. The van der Waals surface area contributed by atoms with Crippen LogP contribution in [0.3, 0.4) is 0 Å². The Morgan fingerprint density at radius 3 is 3.10 bits per heavy atom. The number of fused-ring (bicyclic) bond motifs is 1. The second-order valence-electron chi connectivity index (χ2n) is 5.09. The van der Waals surface area contributed by atoms with Gasteiger partial charge >= 0.3 is 0 Å². The SMILES string of the molecule is C[C@@H]1CN(c2c(C#N)cnc3ccc(Cl)cc23)CCN1. The van der Waals surface area contributed by atoms with E-state index in [1.165, 1.54) is 0 Å². The Hall–Kier alpha value is -1.83. The van der Waals surface area contributed by atoms with Gasteiger partial charge in [0.2, 0.25) is 0 Å². The molecule has 2 aromatic rings. The molecule has 0 spiro atoms. The molecule has 1 aliphatic rings. The summed E-state index contributed by atoms with van der Waals surface area (Å²) in [7, 11) is 0. The van der Waals surface area contributed by atoms with Crippen LogP contribution in [0, 0.1) is 11.3 Å². The topological polar surface area (TPSA) is 52.0 Å². The number of nitriles is 1. The predicted octanol–water partition coefficient (Wildman–Crippen LogP) is 2.56. The van der Waals surface area contributed by atoms with Crippen molar-refractivity contribution in [3.63, 3.8) is 0 Å². The summed E-state index contributed by atoms with van der Waals surface area (Å²) in [6, 6.07) is 8.27. The second-order valence-corrected chi connectivity index (χ2v) is 5.53. The molecule has 1 fully saturated rings. The quantitative estimate of drug-likeness (QED) is 0.875. The number of anilines is 1. The standard InChI is InChI=1S/C15H15ClN4/c1-10-9-20(5-4-18-10)15-11(7-17)8-19-14-3-2-12(16)6-13(14)15/h2-3,6,8,10,18H,4-5,9H2,1H3/t10-/m1/s1. The van der Waals surface area contributed by atoms with Gasteiger partial charge in [0.25, 0.3) is 0 Å². The first-order valence-electron chi connectivity index (χ1n) is 6.65. The lowest BCUT2D eigenvalue weighted by molar-refractivity contribution is 0.485. The molecule has 5 heteroatoms. The summed E-state index contributed by atoms with van der Waals surface area (Å²) in [4.78, 5) is 6.59. The lowest BCUT2D eigenvalue weighted by atomic mass is 10.1. The van der Waals surface area contributed by atoms with Crippen LogP contribution in [0.25, 0.3) is 10.9 Å². The van der Waals surface area contributed by atoms with Gasteiger partial charge in [-0.3, -0.25) is 4.98 Å². The van der Waals surface area contributed by atoms with E-state index in [0.717, 1.165) is 36.2 Å². The van der Waals surface area contributed by atoms with E-state index in [4.69, 9.17) is 11.6 Å². The molecular weight excluding hydrogens is 272 g/mol. The highest BCUT2D eigenvalue weighted by molar-refractivity contribution is 6.31. The Bertz CT molecular complexity index is 692. The molecule has 4 nitrogen and oxygen atoms in total. The maximum atomic E-state index is 9.38. The third-order valence-corrected chi connectivity index (χ3v) is 3.84. The van der Waals surface area contributed by atoms with Crippen LogP contribution in [0.1, 0.15) is 12.5 Å². The van der Waals surface area contributed by atoms with E-state index in [1.54, 1.807) is 6.20 Å². The highest BCUT2D eigenvalue weighted by Gasteiger charge is 2.21. The minimum Gasteiger partial charge on any atom is -0.367 e. The fourth-order valence-corrected chi connectivity index (χ4v) is 2.88. The van der Waals surface area contributed by atoms with Gasteiger partial charge in [0.15, 0.2) is 0 Å². The van der Waals surface area contributed by atoms with Crippen molar-refractivity contribution in [3.8, 4) is 6.07 Å². The first-order valence-corrected chi connectivity index (χ1v) is 7.03. The largest absolute Gasteiger partial charge is 0.367 e. The molecule has 0 aliphatic carbocycles. The Morgan fingerprint density at radius 2 is 2.35 bits per heavy atom. The van der Waals surface area contributed by atoms with E-state index in [1.807, 2.05) is 18.2 Å². The van der Waals surface area contributed by atoms with Crippen LogP contribution in [0.4, 0.5) is 5.69 Å². The van der Waals surface area contributed by atoms with Gasteiger partial charge in [0.1, 0.15) is 6.07 Å². The van der Waals surface area contributed by atoms with E-state index in [2.05, 4.69) is 28.2 Å².